The maximum absolute atomic E-state index is 13.8. The number of aromatic amines is 2. The number of aromatic nitrogens is 4. The molecule has 2 aromatic carbocycles. The highest BCUT2D eigenvalue weighted by atomic mass is 16.5. The van der Waals surface area contributed by atoms with E-state index in [1.165, 1.54) is 31.1 Å². The van der Waals surface area contributed by atoms with E-state index >= 15 is 0 Å². The summed E-state index contributed by atoms with van der Waals surface area (Å²) in [6, 6.07) is 13.3. The van der Waals surface area contributed by atoms with Crippen LogP contribution in [0.25, 0.3) is 33.6 Å². The largest absolute Gasteiger partial charge is 0.453 e. The van der Waals surface area contributed by atoms with Crippen molar-refractivity contribution < 1.29 is 38.2 Å². The number of benzene rings is 2. The highest BCUT2D eigenvalue weighted by Gasteiger charge is 2.42. The molecular weight excluding hydrogens is 747 g/mol. The van der Waals surface area contributed by atoms with Crippen molar-refractivity contribution in [3.8, 4) is 33.6 Å². The van der Waals surface area contributed by atoms with Crippen molar-refractivity contribution in [3.63, 3.8) is 0 Å². The number of nitrogens with one attached hydrogen (secondary N) is 4. The fourth-order valence-electron chi connectivity index (χ4n) is 7.08. The van der Waals surface area contributed by atoms with Crippen molar-refractivity contribution in [1.29, 1.82) is 0 Å². The van der Waals surface area contributed by atoms with Gasteiger partial charge in [0.05, 0.1) is 58.3 Å². The first-order chi connectivity index (χ1) is 27.8. The number of rotatable bonds is 11. The Bertz CT molecular complexity index is 2140. The Morgan fingerprint density at radius 2 is 1.14 bits per heavy atom. The minimum Gasteiger partial charge on any atom is -0.453 e. The number of nitrogens with zero attached hydrogens (tertiary/aromatic N) is 5. The van der Waals surface area contributed by atoms with E-state index in [9.17, 15) is 24.0 Å². The molecule has 2 aliphatic heterocycles. The Kier molecular flexibility index (Phi) is 12.5. The van der Waals surface area contributed by atoms with Crippen molar-refractivity contribution in [2.75, 3.05) is 41.1 Å². The third-order valence-electron chi connectivity index (χ3n) is 10.3. The lowest BCUT2D eigenvalue weighted by Crippen LogP contribution is -2.51. The second-order valence-electron chi connectivity index (χ2n) is 14.8. The number of alkyl carbamates (subject to hydrolysis) is 2. The van der Waals surface area contributed by atoms with E-state index in [0.717, 1.165) is 33.6 Å². The van der Waals surface area contributed by atoms with Gasteiger partial charge in [-0.15, -0.1) is 0 Å². The molecule has 0 spiro atoms. The normalized spacial score (nSPS) is 17.4. The number of carbonyl (C=O) groups excluding carboxylic acids is 5. The van der Waals surface area contributed by atoms with Gasteiger partial charge in [0.15, 0.2) is 0 Å². The molecule has 17 nitrogen and oxygen atoms in total. The standard InChI is InChI=1S/C41H49N9O8/c1-23(2)33(46-39(53)56-5)37(51)49-18-8-9-31(49)35-42-19-29(44-35)27-14-10-25(11-15-27)26-12-16-28(17-13-26)30-20-43-36(45-30)32-21-48(41(55)58-7)22-50(32)38(52)34(24(3)4)47-40(54)57-6/h8-17,19-20,23-24,31-34H,18,21-22H2,1-7H3,(H,42,44)(H,43,45)(H,46,53)(H,47,54)/t31-,32-,33?,34-/m0/s1. The molecule has 1 saturated heterocycles. The van der Waals surface area contributed by atoms with E-state index < -0.39 is 42.4 Å². The quantitative estimate of drug-likeness (QED) is 0.115. The minimum atomic E-state index is -0.889. The van der Waals surface area contributed by atoms with Crippen LogP contribution in [0.3, 0.4) is 0 Å². The summed E-state index contributed by atoms with van der Waals surface area (Å²) in [5.74, 6) is 0.0889. The van der Waals surface area contributed by atoms with Gasteiger partial charge in [-0.1, -0.05) is 88.4 Å². The molecule has 4 atom stereocenters. The van der Waals surface area contributed by atoms with E-state index in [4.69, 9.17) is 14.2 Å². The fraction of sp³-hybridized carbons (Fsp3) is 0.390. The predicted octanol–water partition coefficient (Wildman–Crippen LogP) is 5.24. The first kappa shape index (κ1) is 41.0. The molecule has 0 aliphatic carbocycles. The minimum absolute atomic E-state index is 0.0404. The molecule has 6 rings (SSSR count). The molecular formula is C41H49N9O8. The van der Waals surface area contributed by atoms with Gasteiger partial charge in [0.1, 0.15) is 35.8 Å². The molecule has 17 heteroatoms. The number of hydrogen-bond donors (Lipinski definition) is 4. The summed E-state index contributed by atoms with van der Waals surface area (Å²) in [6.45, 7) is 7.86. The number of H-pyrrole nitrogens is 2. The highest BCUT2D eigenvalue weighted by molar-refractivity contribution is 5.88. The smallest absolute Gasteiger partial charge is 0.410 e. The Morgan fingerprint density at radius 3 is 1.62 bits per heavy atom. The van der Waals surface area contributed by atoms with Crippen LogP contribution < -0.4 is 10.6 Å². The molecule has 2 aromatic heterocycles. The molecule has 4 heterocycles. The summed E-state index contributed by atoms with van der Waals surface area (Å²) in [7, 11) is 3.78. The van der Waals surface area contributed by atoms with Crippen molar-refractivity contribution >= 4 is 30.1 Å². The van der Waals surface area contributed by atoms with Gasteiger partial charge in [-0.3, -0.25) is 14.5 Å². The second kappa shape index (κ2) is 17.7. The third-order valence-corrected chi connectivity index (χ3v) is 10.3. The average molecular weight is 796 g/mol. The lowest BCUT2D eigenvalue weighted by atomic mass is 10.0. The highest BCUT2D eigenvalue weighted by Crippen LogP contribution is 2.33. The van der Waals surface area contributed by atoms with Gasteiger partial charge in [0.2, 0.25) is 11.8 Å². The van der Waals surface area contributed by atoms with Crippen LogP contribution in [0.15, 0.2) is 73.1 Å². The van der Waals surface area contributed by atoms with Crippen molar-refractivity contribution in [2.24, 2.45) is 11.8 Å². The molecule has 2 aliphatic rings. The van der Waals surface area contributed by atoms with Crippen molar-refractivity contribution in [1.82, 2.24) is 45.3 Å². The predicted molar refractivity (Wildman–Crippen MR) is 213 cm³/mol. The van der Waals surface area contributed by atoms with Gasteiger partial charge in [-0.2, -0.15) is 0 Å². The zero-order chi connectivity index (χ0) is 41.7. The SMILES string of the molecule is COC(=O)NC(C(=O)N1CC=C[C@H]1c1ncc(-c2ccc(-c3ccc(-c4cnc([C@@H]5CN(C(=O)OC)CN5C(=O)[C@@H](NC(=O)OC)C(C)C)[nH]4)cc3)cc2)[nH]1)C(C)C. The van der Waals surface area contributed by atoms with E-state index in [0.29, 0.717) is 18.2 Å². The Balaban J connectivity index is 1.14. The molecule has 1 unspecified atom stereocenters. The first-order valence-corrected chi connectivity index (χ1v) is 18.9. The van der Waals surface area contributed by atoms with Crippen molar-refractivity contribution in [3.05, 3.63) is 84.7 Å². The molecule has 0 bridgehead atoms. The van der Waals surface area contributed by atoms with E-state index in [1.54, 1.807) is 17.3 Å². The average Bonchev–Trinajstić information content (AvgIpc) is 4.07. The van der Waals surface area contributed by atoms with E-state index in [-0.39, 0.29) is 36.9 Å². The maximum atomic E-state index is 13.8. The first-order valence-electron chi connectivity index (χ1n) is 18.9. The molecule has 0 saturated carbocycles. The lowest BCUT2D eigenvalue weighted by Gasteiger charge is -2.29. The monoisotopic (exact) mass is 795 g/mol. The van der Waals surface area contributed by atoms with Crippen LogP contribution in [0.1, 0.15) is 51.4 Å². The number of methoxy groups -OCH3 is 3. The molecule has 5 amide bonds. The van der Waals surface area contributed by atoms with Crippen LogP contribution in [0.2, 0.25) is 0 Å². The number of ether oxygens (including phenoxy) is 3. The van der Waals surface area contributed by atoms with Crippen molar-refractivity contribution in [2.45, 2.75) is 51.9 Å². The molecule has 4 N–H and O–H groups in total. The van der Waals surface area contributed by atoms with E-state index in [2.05, 4.69) is 30.6 Å². The third kappa shape index (κ3) is 8.67. The summed E-state index contributed by atoms with van der Waals surface area (Å²) in [5, 5.41) is 5.27. The number of hydrogen-bond acceptors (Lipinski definition) is 10. The summed E-state index contributed by atoms with van der Waals surface area (Å²) in [5.41, 5.74) is 5.29. The maximum Gasteiger partial charge on any atom is 0.410 e. The van der Waals surface area contributed by atoms with Gasteiger partial charge in [0, 0.05) is 6.54 Å². The Hall–Kier alpha value is -6.65. The molecule has 1 fully saturated rings. The van der Waals surface area contributed by atoms with Gasteiger partial charge in [0.25, 0.3) is 0 Å². The van der Waals surface area contributed by atoms with Gasteiger partial charge in [-0.05, 0) is 34.1 Å². The van der Waals surface area contributed by atoms with Crippen LogP contribution in [-0.2, 0) is 23.8 Å². The van der Waals surface area contributed by atoms with Crippen LogP contribution >= 0.6 is 0 Å². The molecule has 58 heavy (non-hydrogen) atoms. The second-order valence-corrected chi connectivity index (χ2v) is 14.8. The summed E-state index contributed by atoms with van der Waals surface area (Å²) in [6.07, 6.45) is 5.29. The Labute approximate surface area is 336 Å². The molecule has 306 valence electrons. The number of carbonyl (C=O) groups is 5. The van der Waals surface area contributed by atoms with E-state index in [1.807, 2.05) is 88.4 Å². The van der Waals surface area contributed by atoms with Crippen LogP contribution in [-0.4, -0.2) is 118 Å². The number of imidazole rings is 2. The van der Waals surface area contributed by atoms with Gasteiger partial charge < -0.3 is 44.6 Å². The van der Waals surface area contributed by atoms with Crippen LogP contribution in [0.4, 0.5) is 14.4 Å². The zero-order valence-electron chi connectivity index (χ0n) is 33.5. The summed E-state index contributed by atoms with van der Waals surface area (Å²) in [4.78, 5) is 84.3. The lowest BCUT2D eigenvalue weighted by molar-refractivity contribution is -0.136. The van der Waals surface area contributed by atoms with Crippen LogP contribution in [0.5, 0.6) is 0 Å². The summed E-state index contributed by atoms with van der Waals surface area (Å²) < 4.78 is 14.4. The number of amides is 5. The molecule has 0 radical (unpaired) electrons. The van der Waals surface area contributed by atoms with Gasteiger partial charge >= 0.3 is 18.3 Å². The summed E-state index contributed by atoms with van der Waals surface area (Å²) >= 11 is 0. The topological polar surface area (TPSA) is 204 Å². The van der Waals surface area contributed by atoms with Gasteiger partial charge in [-0.25, -0.2) is 24.4 Å². The fourth-order valence-corrected chi connectivity index (χ4v) is 7.08. The zero-order valence-corrected chi connectivity index (χ0v) is 33.5. The van der Waals surface area contributed by atoms with Crippen LogP contribution in [0, 0.1) is 11.8 Å². The molecule has 4 aromatic rings. The Morgan fingerprint density at radius 1 is 0.672 bits per heavy atom.